The molecular weight excluding hydrogens is 318 g/mol. The summed E-state index contributed by atoms with van der Waals surface area (Å²) < 4.78 is 6.41. The molecule has 1 heterocycles. The maximum Gasteiger partial charge on any atom is 0.148 e. The van der Waals surface area contributed by atoms with Crippen molar-refractivity contribution in [1.29, 1.82) is 0 Å². The molecule has 18 heavy (non-hydrogen) atoms. The van der Waals surface area contributed by atoms with Crippen molar-refractivity contribution in [2.45, 2.75) is 39.3 Å². The van der Waals surface area contributed by atoms with Crippen molar-refractivity contribution in [3.8, 4) is 0 Å². The van der Waals surface area contributed by atoms with Crippen molar-refractivity contribution in [2.75, 3.05) is 11.9 Å². The molecule has 100 valence electrons. The summed E-state index contributed by atoms with van der Waals surface area (Å²) in [5.41, 5.74) is 0.0902. The lowest BCUT2D eigenvalue weighted by molar-refractivity contribution is -0.0976. The first-order chi connectivity index (χ1) is 8.46. The van der Waals surface area contributed by atoms with E-state index in [1.165, 1.54) is 6.33 Å². The van der Waals surface area contributed by atoms with Crippen molar-refractivity contribution in [3.63, 3.8) is 0 Å². The molecule has 1 saturated carbocycles. The number of rotatable bonds is 4. The highest BCUT2D eigenvalue weighted by Gasteiger charge is 2.49. The van der Waals surface area contributed by atoms with Crippen LogP contribution >= 0.6 is 27.5 Å². The molecule has 1 fully saturated rings. The number of hydrogen-bond acceptors (Lipinski definition) is 4. The van der Waals surface area contributed by atoms with Gasteiger partial charge < -0.3 is 10.1 Å². The molecule has 1 N–H and O–H groups in total. The normalized spacial score (nSPS) is 25.6. The largest absolute Gasteiger partial charge is 0.378 e. The Kier molecular flexibility index (Phi) is 4.14. The summed E-state index contributed by atoms with van der Waals surface area (Å²) in [5.74, 6) is 0.739. The van der Waals surface area contributed by atoms with Crippen molar-refractivity contribution in [2.24, 2.45) is 5.41 Å². The molecule has 2 rings (SSSR count). The highest BCUT2D eigenvalue weighted by molar-refractivity contribution is 9.10. The summed E-state index contributed by atoms with van der Waals surface area (Å²) in [5, 5.41) is 3.83. The van der Waals surface area contributed by atoms with Crippen LogP contribution in [0.25, 0.3) is 0 Å². The van der Waals surface area contributed by atoms with E-state index in [-0.39, 0.29) is 5.41 Å². The number of hydrogen-bond donors (Lipinski definition) is 1. The summed E-state index contributed by atoms with van der Waals surface area (Å²) in [7, 11) is 0. The lowest BCUT2D eigenvalue weighted by atomic mass is 9.64. The highest BCUT2D eigenvalue weighted by atomic mass is 79.9. The van der Waals surface area contributed by atoms with Gasteiger partial charge in [0, 0.05) is 18.1 Å². The number of nitrogens with zero attached hydrogens (tertiary/aromatic N) is 2. The summed E-state index contributed by atoms with van der Waals surface area (Å²) in [6.07, 6.45) is 2.74. The molecule has 6 heteroatoms. The van der Waals surface area contributed by atoms with Gasteiger partial charge in [0.05, 0.1) is 10.6 Å². The minimum atomic E-state index is 0.0902. The van der Waals surface area contributed by atoms with Gasteiger partial charge in [-0.2, -0.15) is 0 Å². The Balaban J connectivity index is 2.06. The molecular formula is C12H17BrClN3O. The summed E-state index contributed by atoms with van der Waals surface area (Å²) >= 11 is 9.34. The molecule has 4 nitrogen and oxygen atoms in total. The van der Waals surface area contributed by atoms with E-state index in [0.29, 0.717) is 21.8 Å². The fourth-order valence-electron chi connectivity index (χ4n) is 2.23. The monoisotopic (exact) mass is 333 g/mol. The maximum absolute atomic E-state index is 5.95. The van der Waals surface area contributed by atoms with E-state index in [1.54, 1.807) is 0 Å². The minimum absolute atomic E-state index is 0.0902. The van der Waals surface area contributed by atoms with Gasteiger partial charge >= 0.3 is 0 Å². The predicted octanol–water partition coefficient (Wildman–Crippen LogP) is 3.51. The Morgan fingerprint density at radius 3 is 2.89 bits per heavy atom. The lowest BCUT2D eigenvalue weighted by Crippen LogP contribution is -2.58. The van der Waals surface area contributed by atoms with Crippen molar-refractivity contribution in [3.05, 3.63) is 16.0 Å². The van der Waals surface area contributed by atoms with Gasteiger partial charge in [-0.15, -0.1) is 0 Å². The first-order valence-corrected chi connectivity index (χ1v) is 7.18. The first kappa shape index (κ1) is 14.0. The van der Waals surface area contributed by atoms with E-state index in [4.69, 9.17) is 16.3 Å². The molecule has 0 amide bonds. The van der Waals surface area contributed by atoms with Gasteiger partial charge in [0.25, 0.3) is 0 Å². The van der Waals surface area contributed by atoms with E-state index >= 15 is 0 Å². The van der Waals surface area contributed by atoms with E-state index in [0.717, 1.165) is 18.8 Å². The van der Waals surface area contributed by atoms with Crippen LogP contribution in [0.2, 0.25) is 5.15 Å². The second-order valence-corrected chi connectivity index (χ2v) is 6.18. The molecule has 0 spiro atoms. The summed E-state index contributed by atoms with van der Waals surface area (Å²) in [6.45, 7) is 7.18. The third-order valence-corrected chi connectivity index (χ3v) is 4.87. The molecule has 1 aromatic heterocycles. The molecule has 0 bridgehead atoms. The van der Waals surface area contributed by atoms with Crippen molar-refractivity contribution < 1.29 is 4.74 Å². The Morgan fingerprint density at radius 1 is 1.56 bits per heavy atom. The van der Waals surface area contributed by atoms with Crippen LogP contribution in [0.3, 0.4) is 0 Å². The van der Waals surface area contributed by atoms with Gasteiger partial charge in [0.2, 0.25) is 0 Å². The third kappa shape index (κ3) is 2.49. The Bertz CT molecular complexity index is 441. The summed E-state index contributed by atoms with van der Waals surface area (Å²) in [4.78, 5) is 8.12. The molecule has 2 atom stereocenters. The Hall–Kier alpha value is -0.390. The molecule has 1 aliphatic rings. The number of ether oxygens (including phenoxy) is 1. The van der Waals surface area contributed by atoms with Gasteiger partial charge in [-0.1, -0.05) is 25.4 Å². The fourth-order valence-corrected chi connectivity index (χ4v) is 2.68. The average Bonchev–Trinajstić information content (AvgIpc) is 2.33. The van der Waals surface area contributed by atoms with E-state index in [1.807, 2.05) is 6.92 Å². The standard InChI is InChI=1S/C12H17BrClN3O/c1-4-18-8-5-7(12(8,2)3)17-11-9(13)10(14)15-6-16-11/h6-8H,4-5H2,1-3H3,(H,15,16,17). The third-order valence-electron chi connectivity index (χ3n) is 3.60. The van der Waals surface area contributed by atoms with Crippen LogP contribution in [0.4, 0.5) is 5.82 Å². The van der Waals surface area contributed by atoms with Crippen molar-refractivity contribution in [1.82, 2.24) is 9.97 Å². The molecule has 2 unspecified atom stereocenters. The van der Waals surface area contributed by atoms with Gasteiger partial charge in [-0.25, -0.2) is 9.97 Å². The number of aromatic nitrogens is 2. The molecule has 1 aromatic rings. The Morgan fingerprint density at radius 2 is 2.28 bits per heavy atom. The molecule has 0 radical (unpaired) electrons. The molecule has 0 saturated heterocycles. The van der Waals surface area contributed by atoms with Gasteiger partial charge in [-0.3, -0.25) is 0 Å². The quantitative estimate of drug-likeness (QED) is 0.856. The van der Waals surface area contributed by atoms with Crippen LogP contribution in [-0.4, -0.2) is 28.7 Å². The van der Waals surface area contributed by atoms with Gasteiger partial charge in [0.15, 0.2) is 0 Å². The second kappa shape index (κ2) is 5.31. The van der Waals surface area contributed by atoms with Crippen LogP contribution in [0.15, 0.2) is 10.8 Å². The minimum Gasteiger partial charge on any atom is -0.378 e. The average molecular weight is 335 g/mol. The molecule has 0 aliphatic heterocycles. The van der Waals surface area contributed by atoms with Crippen molar-refractivity contribution >= 4 is 33.3 Å². The van der Waals surface area contributed by atoms with Crippen LogP contribution in [-0.2, 0) is 4.74 Å². The van der Waals surface area contributed by atoms with Gasteiger partial charge in [-0.05, 0) is 29.3 Å². The number of anilines is 1. The topological polar surface area (TPSA) is 47.0 Å². The zero-order valence-corrected chi connectivity index (χ0v) is 13.0. The highest BCUT2D eigenvalue weighted by Crippen LogP contribution is 2.44. The zero-order chi connectivity index (χ0) is 13.3. The van der Waals surface area contributed by atoms with Crippen LogP contribution < -0.4 is 5.32 Å². The van der Waals surface area contributed by atoms with Gasteiger partial charge in [0.1, 0.15) is 17.3 Å². The number of nitrogens with one attached hydrogen (secondary N) is 1. The van der Waals surface area contributed by atoms with Crippen LogP contribution in [0.5, 0.6) is 0 Å². The first-order valence-electron chi connectivity index (χ1n) is 6.01. The predicted molar refractivity (Wildman–Crippen MR) is 76.0 cm³/mol. The smallest absolute Gasteiger partial charge is 0.148 e. The second-order valence-electron chi connectivity index (χ2n) is 5.03. The SMILES string of the molecule is CCOC1CC(Nc2ncnc(Cl)c2Br)C1(C)C. The van der Waals surface area contributed by atoms with E-state index in [9.17, 15) is 0 Å². The Labute approximate surface area is 121 Å². The van der Waals surface area contributed by atoms with E-state index < -0.39 is 0 Å². The summed E-state index contributed by atoms with van der Waals surface area (Å²) in [6, 6.07) is 0.330. The molecule has 0 aromatic carbocycles. The van der Waals surface area contributed by atoms with Crippen LogP contribution in [0, 0.1) is 5.41 Å². The van der Waals surface area contributed by atoms with Crippen LogP contribution in [0.1, 0.15) is 27.2 Å². The molecule has 1 aliphatic carbocycles. The maximum atomic E-state index is 5.95. The van der Waals surface area contributed by atoms with E-state index in [2.05, 4.69) is 45.1 Å². The number of halogens is 2. The zero-order valence-electron chi connectivity index (χ0n) is 10.7. The fraction of sp³-hybridized carbons (Fsp3) is 0.667. The lowest BCUT2D eigenvalue weighted by Gasteiger charge is -2.51.